The van der Waals surface area contributed by atoms with Crippen molar-refractivity contribution < 1.29 is 9.59 Å². The van der Waals surface area contributed by atoms with E-state index in [0.717, 1.165) is 22.5 Å². The fraction of sp³-hybridized carbons (Fsp3) is 0.133. The van der Waals surface area contributed by atoms with Gasteiger partial charge in [0.25, 0.3) is 5.91 Å². The summed E-state index contributed by atoms with van der Waals surface area (Å²) in [4.78, 5) is 28.3. The molecular formula is C30H28N2O2. The number of ketones is 1. The zero-order chi connectivity index (χ0) is 23.9. The van der Waals surface area contributed by atoms with Crippen molar-refractivity contribution in [1.82, 2.24) is 0 Å². The average molecular weight is 449 g/mol. The Morgan fingerprint density at radius 2 is 1.32 bits per heavy atom. The summed E-state index contributed by atoms with van der Waals surface area (Å²) in [6.07, 6.45) is 0. The number of nitrogens with zero attached hydrogens (tertiary/aromatic N) is 1. The van der Waals surface area contributed by atoms with E-state index in [-0.39, 0.29) is 11.7 Å². The third-order valence-electron chi connectivity index (χ3n) is 5.68. The molecule has 0 unspecified atom stereocenters. The summed E-state index contributed by atoms with van der Waals surface area (Å²) in [5, 5.41) is 3.38. The van der Waals surface area contributed by atoms with Gasteiger partial charge < -0.3 is 10.2 Å². The number of aryl methyl sites for hydroxylation is 2. The Morgan fingerprint density at radius 1 is 0.706 bits per heavy atom. The zero-order valence-corrected chi connectivity index (χ0v) is 19.5. The Balaban J connectivity index is 1.53. The topological polar surface area (TPSA) is 49.4 Å². The second-order valence-electron chi connectivity index (χ2n) is 8.33. The normalized spacial score (nSPS) is 10.5. The molecule has 0 saturated carbocycles. The molecule has 4 rings (SSSR count). The van der Waals surface area contributed by atoms with Gasteiger partial charge >= 0.3 is 0 Å². The molecule has 0 bridgehead atoms. The highest BCUT2D eigenvalue weighted by Gasteiger charge is 2.18. The van der Waals surface area contributed by atoms with E-state index in [1.54, 1.807) is 4.90 Å². The maximum absolute atomic E-state index is 13.4. The lowest BCUT2D eigenvalue weighted by molar-refractivity contribution is 0.0986. The van der Waals surface area contributed by atoms with Crippen LogP contribution in [0.2, 0.25) is 0 Å². The van der Waals surface area contributed by atoms with Crippen molar-refractivity contribution in [2.24, 2.45) is 0 Å². The number of amides is 1. The van der Waals surface area contributed by atoms with Crippen molar-refractivity contribution in [3.8, 4) is 0 Å². The van der Waals surface area contributed by atoms with Gasteiger partial charge in [-0.1, -0.05) is 71.8 Å². The lowest BCUT2D eigenvalue weighted by Gasteiger charge is -2.24. The molecule has 0 radical (unpaired) electrons. The van der Waals surface area contributed by atoms with E-state index < -0.39 is 0 Å². The second kappa shape index (κ2) is 10.6. The summed E-state index contributed by atoms with van der Waals surface area (Å²) < 4.78 is 0. The van der Waals surface area contributed by atoms with Crippen LogP contribution in [0.5, 0.6) is 0 Å². The Kier molecular flexibility index (Phi) is 7.19. The fourth-order valence-corrected chi connectivity index (χ4v) is 3.97. The number of benzene rings is 4. The first-order chi connectivity index (χ1) is 16.5. The summed E-state index contributed by atoms with van der Waals surface area (Å²) in [7, 11) is 0. The van der Waals surface area contributed by atoms with Crippen molar-refractivity contribution in [1.29, 1.82) is 0 Å². The van der Waals surface area contributed by atoms with Crippen molar-refractivity contribution >= 4 is 23.1 Å². The molecule has 0 fully saturated rings. The van der Waals surface area contributed by atoms with Crippen LogP contribution in [0.3, 0.4) is 0 Å². The highest BCUT2D eigenvalue weighted by molar-refractivity contribution is 6.12. The van der Waals surface area contributed by atoms with Gasteiger partial charge in [0, 0.05) is 41.2 Å². The maximum Gasteiger partial charge on any atom is 0.258 e. The van der Waals surface area contributed by atoms with Gasteiger partial charge in [-0.3, -0.25) is 9.59 Å². The van der Waals surface area contributed by atoms with E-state index in [1.807, 2.05) is 117 Å². The van der Waals surface area contributed by atoms with Crippen LogP contribution in [0.1, 0.15) is 37.4 Å². The quantitative estimate of drug-likeness (QED) is 0.322. The maximum atomic E-state index is 13.4. The van der Waals surface area contributed by atoms with Gasteiger partial charge in [0.1, 0.15) is 0 Å². The molecular weight excluding hydrogens is 420 g/mol. The van der Waals surface area contributed by atoms with Crippen LogP contribution in [-0.2, 0) is 0 Å². The number of rotatable bonds is 8. The highest BCUT2D eigenvalue weighted by Crippen LogP contribution is 2.21. The third-order valence-corrected chi connectivity index (χ3v) is 5.68. The number of hydrogen-bond donors (Lipinski definition) is 1. The van der Waals surface area contributed by atoms with Gasteiger partial charge in [0.2, 0.25) is 0 Å². The minimum atomic E-state index is -0.0548. The smallest absolute Gasteiger partial charge is 0.258 e. The van der Waals surface area contributed by atoms with Gasteiger partial charge in [-0.05, 0) is 56.3 Å². The molecule has 1 amide bonds. The molecule has 0 aliphatic rings. The van der Waals surface area contributed by atoms with Crippen LogP contribution in [0.25, 0.3) is 0 Å². The predicted octanol–water partition coefficient (Wildman–Crippen LogP) is 6.29. The molecule has 0 aromatic heterocycles. The lowest BCUT2D eigenvalue weighted by Crippen LogP contribution is -2.35. The molecule has 4 aromatic rings. The molecule has 4 heteroatoms. The molecule has 4 aromatic carbocycles. The van der Waals surface area contributed by atoms with E-state index in [2.05, 4.69) is 5.32 Å². The largest absolute Gasteiger partial charge is 0.383 e. The Labute approximate surface area is 200 Å². The number of carbonyl (C=O) groups is 2. The average Bonchev–Trinajstić information content (AvgIpc) is 2.86. The first-order valence-corrected chi connectivity index (χ1v) is 11.4. The van der Waals surface area contributed by atoms with Crippen molar-refractivity contribution in [2.75, 3.05) is 23.3 Å². The van der Waals surface area contributed by atoms with Crippen LogP contribution in [0.4, 0.5) is 11.4 Å². The fourth-order valence-electron chi connectivity index (χ4n) is 3.97. The number of anilines is 2. The van der Waals surface area contributed by atoms with E-state index >= 15 is 0 Å². The SMILES string of the molecule is Cc1cccc(C(=O)c2ccccc2NCCN(C(=O)c2cccc(C)c2)c2ccccc2)c1. The molecule has 4 nitrogen and oxygen atoms in total. The number of nitrogens with one attached hydrogen (secondary N) is 1. The van der Waals surface area contributed by atoms with Gasteiger partial charge in [0.05, 0.1) is 0 Å². The molecule has 1 N–H and O–H groups in total. The first kappa shape index (κ1) is 23.0. The van der Waals surface area contributed by atoms with Crippen molar-refractivity contribution in [3.05, 3.63) is 131 Å². The molecule has 0 heterocycles. The van der Waals surface area contributed by atoms with Crippen LogP contribution in [-0.4, -0.2) is 24.8 Å². The molecule has 0 aliphatic heterocycles. The Hall–Kier alpha value is -4.18. The molecule has 0 spiro atoms. The van der Waals surface area contributed by atoms with Crippen LogP contribution in [0, 0.1) is 13.8 Å². The standard InChI is InChI=1S/C30H28N2O2/c1-22-10-8-12-24(20-22)29(33)27-16-6-7-17-28(27)31-18-19-32(26-14-4-3-5-15-26)30(34)25-13-9-11-23(2)21-25/h3-17,20-21,31H,18-19H2,1-2H3. The van der Waals surface area contributed by atoms with Crippen LogP contribution >= 0.6 is 0 Å². The van der Waals surface area contributed by atoms with Gasteiger partial charge in [-0.25, -0.2) is 0 Å². The minimum Gasteiger partial charge on any atom is -0.383 e. The summed E-state index contributed by atoms with van der Waals surface area (Å²) in [5.74, 6) is -0.0802. The number of para-hydroxylation sites is 2. The zero-order valence-electron chi connectivity index (χ0n) is 19.5. The summed E-state index contributed by atoms with van der Waals surface area (Å²) >= 11 is 0. The Morgan fingerprint density at radius 3 is 2.03 bits per heavy atom. The Bertz CT molecular complexity index is 1300. The molecule has 0 aliphatic carbocycles. The molecule has 34 heavy (non-hydrogen) atoms. The van der Waals surface area contributed by atoms with Crippen LogP contribution in [0.15, 0.2) is 103 Å². The molecule has 170 valence electrons. The monoisotopic (exact) mass is 448 g/mol. The van der Waals surface area contributed by atoms with E-state index in [1.165, 1.54) is 0 Å². The molecule has 0 saturated heterocycles. The van der Waals surface area contributed by atoms with Crippen molar-refractivity contribution in [3.63, 3.8) is 0 Å². The predicted molar refractivity (Wildman–Crippen MR) is 139 cm³/mol. The number of carbonyl (C=O) groups excluding carboxylic acids is 2. The summed E-state index contributed by atoms with van der Waals surface area (Å²) in [6, 6.07) is 32.4. The first-order valence-electron chi connectivity index (χ1n) is 11.4. The highest BCUT2D eigenvalue weighted by atomic mass is 16.2. The van der Waals surface area contributed by atoms with E-state index in [0.29, 0.717) is 29.8 Å². The van der Waals surface area contributed by atoms with E-state index in [4.69, 9.17) is 0 Å². The van der Waals surface area contributed by atoms with Gasteiger partial charge in [-0.15, -0.1) is 0 Å². The van der Waals surface area contributed by atoms with Gasteiger partial charge in [0.15, 0.2) is 5.78 Å². The van der Waals surface area contributed by atoms with Gasteiger partial charge in [-0.2, -0.15) is 0 Å². The number of hydrogen-bond acceptors (Lipinski definition) is 3. The van der Waals surface area contributed by atoms with Crippen molar-refractivity contribution in [2.45, 2.75) is 13.8 Å². The molecule has 0 atom stereocenters. The third kappa shape index (κ3) is 5.41. The van der Waals surface area contributed by atoms with E-state index in [9.17, 15) is 9.59 Å². The minimum absolute atomic E-state index is 0.0254. The lowest BCUT2D eigenvalue weighted by atomic mass is 10.00. The van der Waals surface area contributed by atoms with Crippen LogP contribution < -0.4 is 10.2 Å². The second-order valence-corrected chi connectivity index (χ2v) is 8.33. The summed E-state index contributed by atoms with van der Waals surface area (Å²) in [6.45, 7) is 4.89. The summed E-state index contributed by atoms with van der Waals surface area (Å²) in [5.41, 5.74) is 5.60.